The third-order valence-corrected chi connectivity index (χ3v) is 7.90. The maximum absolute atomic E-state index is 13.9. The lowest BCUT2D eigenvalue weighted by Gasteiger charge is -2.45. The van der Waals surface area contributed by atoms with Crippen molar-refractivity contribution in [2.24, 2.45) is 5.41 Å². The minimum Gasteiger partial charge on any atom is -0.507 e. The number of aliphatic hydroxyl groups is 1. The van der Waals surface area contributed by atoms with Crippen LogP contribution in [-0.2, 0) is 4.79 Å². The molecule has 0 saturated carbocycles. The molecule has 5 nitrogen and oxygen atoms in total. The van der Waals surface area contributed by atoms with E-state index in [1.807, 2.05) is 78.7 Å². The number of carbonyl (C=O) groups is 1. The summed E-state index contributed by atoms with van der Waals surface area (Å²) in [6.45, 7) is 6.19. The van der Waals surface area contributed by atoms with Crippen molar-refractivity contribution in [1.82, 2.24) is 4.98 Å². The first kappa shape index (κ1) is 25.0. The molecule has 6 heteroatoms. The van der Waals surface area contributed by atoms with Crippen molar-refractivity contribution in [2.75, 3.05) is 11.2 Å². The SMILES string of the molecule is CSc1ccc(C2C3=C(CC(C)(C)CC3=O)N(c3cccnc3)C(=N)/C2=C(/O)c2ccc(C)cc2)cc1. The summed E-state index contributed by atoms with van der Waals surface area (Å²) in [5, 5.41) is 21.2. The molecule has 37 heavy (non-hydrogen) atoms. The first-order valence-corrected chi connectivity index (χ1v) is 13.6. The number of thioether (sulfide) groups is 1. The third-order valence-electron chi connectivity index (χ3n) is 7.16. The van der Waals surface area contributed by atoms with E-state index in [4.69, 9.17) is 0 Å². The first-order chi connectivity index (χ1) is 17.7. The number of nitrogens with one attached hydrogen (secondary N) is 1. The highest BCUT2D eigenvalue weighted by atomic mass is 32.2. The summed E-state index contributed by atoms with van der Waals surface area (Å²) in [5.74, 6) is -0.312. The van der Waals surface area contributed by atoms with Gasteiger partial charge in [-0.2, -0.15) is 0 Å². The molecule has 0 fully saturated rings. The van der Waals surface area contributed by atoms with Crippen molar-refractivity contribution >= 4 is 34.8 Å². The lowest BCUT2D eigenvalue weighted by molar-refractivity contribution is -0.118. The van der Waals surface area contributed by atoms with Crippen LogP contribution < -0.4 is 4.90 Å². The number of allylic oxidation sites excluding steroid dienone is 2. The number of aromatic nitrogens is 1. The van der Waals surface area contributed by atoms with Gasteiger partial charge >= 0.3 is 0 Å². The van der Waals surface area contributed by atoms with Crippen LogP contribution in [-0.4, -0.2) is 28.0 Å². The van der Waals surface area contributed by atoms with Crippen molar-refractivity contribution in [3.05, 3.63) is 107 Å². The van der Waals surface area contributed by atoms with Crippen molar-refractivity contribution < 1.29 is 9.90 Å². The summed E-state index contributed by atoms with van der Waals surface area (Å²) in [7, 11) is 0. The smallest absolute Gasteiger partial charge is 0.162 e. The summed E-state index contributed by atoms with van der Waals surface area (Å²) in [5.41, 5.74) is 4.95. The van der Waals surface area contributed by atoms with Gasteiger partial charge < -0.3 is 5.11 Å². The lowest BCUT2D eigenvalue weighted by atomic mass is 9.67. The van der Waals surface area contributed by atoms with Gasteiger partial charge in [0, 0.05) is 45.8 Å². The average molecular weight is 510 g/mol. The molecular weight excluding hydrogens is 478 g/mol. The number of carbonyl (C=O) groups excluding carboxylic acids is 1. The zero-order valence-corrected chi connectivity index (χ0v) is 22.4. The summed E-state index contributed by atoms with van der Waals surface area (Å²) < 4.78 is 0. The summed E-state index contributed by atoms with van der Waals surface area (Å²) in [4.78, 5) is 21.1. The molecule has 2 aliphatic rings. The number of Topliss-reactive ketones (excluding diaryl/α,β-unsaturated/α-hetero) is 1. The molecule has 0 bridgehead atoms. The topological polar surface area (TPSA) is 77.3 Å². The maximum Gasteiger partial charge on any atom is 0.162 e. The molecule has 3 aromatic rings. The van der Waals surface area contributed by atoms with Gasteiger partial charge in [-0.15, -0.1) is 11.8 Å². The number of aliphatic hydroxyl groups excluding tert-OH is 1. The van der Waals surface area contributed by atoms with E-state index in [1.165, 1.54) is 0 Å². The van der Waals surface area contributed by atoms with Gasteiger partial charge in [0.15, 0.2) is 5.78 Å². The standard InChI is InChI=1S/C31H31N3O2S/c1-19-7-9-21(10-8-19)29(36)28-26(20-11-13-23(37-4)14-12-20)27-24(16-31(2,3)17-25(27)35)34(30(28)32)22-6-5-15-33-18-22/h5-15,18,26,32,36H,16-17H2,1-4H3/b29-28+,32-30?. The van der Waals surface area contributed by atoms with Gasteiger partial charge in [0.25, 0.3) is 0 Å². The number of ketones is 1. The Labute approximate surface area is 222 Å². The number of nitrogens with zero attached hydrogens (tertiary/aromatic N) is 2. The van der Waals surface area contributed by atoms with Crippen molar-refractivity contribution in [2.45, 2.75) is 44.4 Å². The van der Waals surface area contributed by atoms with E-state index < -0.39 is 5.92 Å². The lowest BCUT2D eigenvalue weighted by Crippen LogP contribution is -2.45. The number of amidine groups is 1. The molecule has 2 N–H and O–H groups in total. The van der Waals surface area contributed by atoms with E-state index in [9.17, 15) is 15.3 Å². The highest BCUT2D eigenvalue weighted by molar-refractivity contribution is 7.98. The zero-order chi connectivity index (χ0) is 26.3. The fourth-order valence-electron chi connectivity index (χ4n) is 5.38. The average Bonchev–Trinajstić information content (AvgIpc) is 2.88. The Morgan fingerprint density at radius 2 is 1.78 bits per heavy atom. The molecule has 1 aliphatic heterocycles. The number of hydrogen-bond donors (Lipinski definition) is 2. The molecule has 2 aromatic carbocycles. The monoisotopic (exact) mass is 509 g/mol. The fourth-order valence-corrected chi connectivity index (χ4v) is 5.79. The fraction of sp³-hybridized carbons (Fsp3) is 0.258. The molecule has 0 radical (unpaired) electrons. The minimum absolute atomic E-state index is 0.0158. The van der Waals surface area contributed by atoms with Crippen LogP contribution in [0.25, 0.3) is 5.76 Å². The van der Waals surface area contributed by atoms with Gasteiger partial charge in [-0.1, -0.05) is 55.8 Å². The van der Waals surface area contributed by atoms with Crippen LogP contribution in [0.2, 0.25) is 0 Å². The molecule has 0 saturated heterocycles. The Hall–Kier alpha value is -3.64. The molecule has 1 aromatic heterocycles. The molecule has 1 atom stereocenters. The summed E-state index contributed by atoms with van der Waals surface area (Å²) in [6, 6.07) is 19.4. The molecule has 1 unspecified atom stereocenters. The number of hydrogen-bond acceptors (Lipinski definition) is 5. The molecular formula is C31H31N3O2S. The number of aryl methyl sites for hydroxylation is 1. The molecule has 0 spiro atoms. The van der Waals surface area contributed by atoms with Crippen LogP contribution in [0.4, 0.5) is 5.69 Å². The van der Waals surface area contributed by atoms with E-state index in [1.54, 1.807) is 24.2 Å². The summed E-state index contributed by atoms with van der Waals surface area (Å²) in [6.07, 6.45) is 6.48. The maximum atomic E-state index is 13.9. The summed E-state index contributed by atoms with van der Waals surface area (Å²) >= 11 is 1.65. The van der Waals surface area contributed by atoms with Crippen molar-refractivity contribution in [3.63, 3.8) is 0 Å². The van der Waals surface area contributed by atoms with Crippen molar-refractivity contribution in [1.29, 1.82) is 5.41 Å². The number of rotatable bonds is 4. The Kier molecular flexibility index (Phi) is 6.54. The first-order valence-electron chi connectivity index (χ1n) is 12.4. The third kappa shape index (κ3) is 4.62. The Balaban J connectivity index is 1.83. The van der Waals surface area contributed by atoms with Crippen LogP contribution in [0.3, 0.4) is 0 Å². The molecule has 0 amide bonds. The van der Waals surface area contributed by atoms with Crippen LogP contribution in [0.15, 0.2) is 94.8 Å². The predicted octanol–water partition coefficient (Wildman–Crippen LogP) is 7.31. The van der Waals surface area contributed by atoms with Crippen LogP contribution in [0.5, 0.6) is 0 Å². The van der Waals surface area contributed by atoms with E-state index in [-0.39, 0.29) is 22.8 Å². The Morgan fingerprint density at radius 1 is 1.08 bits per heavy atom. The van der Waals surface area contributed by atoms with Gasteiger partial charge in [0.1, 0.15) is 11.6 Å². The molecule has 188 valence electrons. The van der Waals surface area contributed by atoms with Crippen LogP contribution in [0.1, 0.15) is 49.3 Å². The predicted molar refractivity (Wildman–Crippen MR) is 151 cm³/mol. The largest absolute Gasteiger partial charge is 0.507 e. The zero-order valence-electron chi connectivity index (χ0n) is 21.6. The van der Waals surface area contributed by atoms with Gasteiger partial charge in [-0.05, 0) is 54.8 Å². The van der Waals surface area contributed by atoms with Crippen LogP contribution in [0, 0.1) is 17.7 Å². The van der Waals surface area contributed by atoms with E-state index in [0.29, 0.717) is 35.2 Å². The second-order valence-corrected chi connectivity index (χ2v) is 11.4. The number of benzene rings is 2. The van der Waals surface area contributed by atoms with E-state index in [2.05, 4.69) is 18.8 Å². The quantitative estimate of drug-likeness (QED) is 0.285. The highest BCUT2D eigenvalue weighted by Gasteiger charge is 2.46. The Bertz CT molecular complexity index is 1420. The van der Waals surface area contributed by atoms with Gasteiger partial charge in [0.05, 0.1) is 11.9 Å². The normalized spacial score (nSPS) is 20.6. The van der Waals surface area contributed by atoms with Crippen LogP contribution >= 0.6 is 11.8 Å². The van der Waals surface area contributed by atoms with E-state index >= 15 is 0 Å². The number of pyridine rings is 1. The Morgan fingerprint density at radius 3 is 2.41 bits per heavy atom. The molecule has 5 rings (SSSR count). The molecule has 1 aliphatic carbocycles. The highest BCUT2D eigenvalue weighted by Crippen LogP contribution is 2.51. The van der Waals surface area contributed by atoms with Gasteiger partial charge in [-0.3, -0.25) is 20.1 Å². The minimum atomic E-state index is -0.545. The van der Waals surface area contributed by atoms with E-state index in [0.717, 1.165) is 21.7 Å². The second kappa shape index (κ2) is 9.67. The van der Waals surface area contributed by atoms with Crippen molar-refractivity contribution in [3.8, 4) is 0 Å². The molecule has 2 heterocycles. The number of anilines is 1. The van der Waals surface area contributed by atoms with Gasteiger partial charge in [-0.25, -0.2) is 0 Å². The second-order valence-electron chi connectivity index (χ2n) is 10.5. The van der Waals surface area contributed by atoms with Gasteiger partial charge in [0.2, 0.25) is 0 Å².